The minimum absolute atomic E-state index is 0.0238. The van der Waals surface area contributed by atoms with Crippen molar-refractivity contribution >= 4 is 22.7 Å². The maximum Gasteiger partial charge on any atom is 0.306 e. The first-order chi connectivity index (χ1) is 12.7. The Labute approximate surface area is 151 Å². The molecule has 1 N–H and O–H groups in total. The Morgan fingerprint density at radius 2 is 1.85 bits per heavy atom. The highest BCUT2D eigenvalue weighted by Crippen LogP contribution is 2.33. The number of carboxylic acids is 1. The van der Waals surface area contributed by atoms with Crippen LogP contribution in [0.5, 0.6) is 5.75 Å². The Morgan fingerprint density at radius 3 is 2.58 bits per heavy atom. The average molecular weight is 357 g/mol. The third-order valence-electron chi connectivity index (χ3n) is 5.22. The van der Waals surface area contributed by atoms with Crippen molar-refractivity contribution in [2.45, 2.75) is 31.8 Å². The van der Waals surface area contributed by atoms with Gasteiger partial charge in [-0.05, 0) is 31.7 Å². The van der Waals surface area contributed by atoms with Crippen LogP contribution in [0.15, 0.2) is 24.5 Å². The maximum absolute atomic E-state index is 11.1. The summed E-state index contributed by atoms with van der Waals surface area (Å²) < 4.78 is 11.7. The Hall–Kier alpha value is -2.41. The predicted octanol–water partition coefficient (Wildman–Crippen LogP) is 2.49. The second-order valence-corrected chi connectivity index (χ2v) is 6.90. The van der Waals surface area contributed by atoms with Gasteiger partial charge in [0.25, 0.3) is 0 Å². The lowest BCUT2D eigenvalue weighted by atomic mass is 9.87. The number of rotatable bonds is 4. The van der Waals surface area contributed by atoms with Gasteiger partial charge in [0.15, 0.2) is 0 Å². The van der Waals surface area contributed by atoms with Crippen LogP contribution in [0.25, 0.3) is 11.0 Å². The molecular weight excluding hydrogens is 334 g/mol. The van der Waals surface area contributed by atoms with Crippen LogP contribution in [0.1, 0.15) is 25.7 Å². The van der Waals surface area contributed by atoms with E-state index in [1.165, 1.54) is 0 Å². The van der Waals surface area contributed by atoms with Crippen LogP contribution in [-0.2, 0) is 9.53 Å². The number of hydrogen-bond donors (Lipinski definition) is 1. The molecule has 1 aliphatic carbocycles. The molecule has 7 nitrogen and oxygen atoms in total. The van der Waals surface area contributed by atoms with Gasteiger partial charge in [-0.1, -0.05) is 0 Å². The van der Waals surface area contributed by atoms with E-state index >= 15 is 0 Å². The van der Waals surface area contributed by atoms with Gasteiger partial charge in [-0.3, -0.25) is 9.78 Å². The van der Waals surface area contributed by atoms with Gasteiger partial charge >= 0.3 is 5.97 Å². The van der Waals surface area contributed by atoms with E-state index < -0.39 is 5.97 Å². The first-order valence-corrected chi connectivity index (χ1v) is 9.17. The van der Waals surface area contributed by atoms with Gasteiger partial charge in [0.05, 0.1) is 30.8 Å². The smallest absolute Gasteiger partial charge is 0.306 e. The van der Waals surface area contributed by atoms with E-state index in [2.05, 4.69) is 14.9 Å². The Bertz CT molecular complexity index is 783. The van der Waals surface area contributed by atoms with Crippen LogP contribution in [0.3, 0.4) is 0 Å². The molecule has 2 aromatic rings. The SMILES string of the molecule is O=C(O)[C@H]1CC[C@@H](Oc2cc(N3CCOCC3)cc3nccnc23)CC1. The molecule has 2 fully saturated rings. The highest BCUT2D eigenvalue weighted by molar-refractivity contribution is 5.85. The zero-order valence-corrected chi connectivity index (χ0v) is 14.6. The van der Waals surface area contributed by atoms with E-state index in [0.717, 1.165) is 48.4 Å². The number of ether oxygens (including phenoxy) is 2. The summed E-state index contributed by atoms with van der Waals surface area (Å²) in [6, 6.07) is 4.08. The van der Waals surface area contributed by atoms with Crippen LogP contribution >= 0.6 is 0 Å². The number of nitrogens with zero attached hydrogens (tertiary/aromatic N) is 3. The molecule has 2 heterocycles. The molecule has 7 heteroatoms. The van der Waals surface area contributed by atoms with Crippen molar-refractivity contribution in [3.63, 3.8) is 0 Å². The molecule has 0 spiro atoms. The van der Waals surface area contributed by atoms with Crippen molar-refractivity contribution in [2.24, 2.45) is 5.92 Å². The number of fused-ring (bicyclic) bond motifs is 1. The van der Waals surface area contributed by atoms with Crippen molar-refractivity contribution in [1.29, 1.82) is 0 Å². The number of anilines is 1. The van der Waals surface area contributed by atoms with Crippen molar-refractivity contribution in [3.05, 3.63) is 24.5 Å². The number of carboxylic acid groups (broad SMARTS) is 1. The molecule has 1 aliphatic heterocycles. The number of hydrogen-bond acceptors (Lipinski definition) is 6. The Balaban J connectivity index is 1.58. The molecule has 4 rings (SSSR count). The van der Waals surface area contributed by atoms with E-state index in [4.69, 9.17) is 14.6 Å². The molecule has 0 bridgehead atoms. The van der Waals surface area contributed by atoms with E-state index in [0.29, 0.717) is 26.1 Å². The summed E-state index contributed by atoms with van der Waals surface area (Å²) in [6.45, 7) is 3.12. The molecule has 138 valence electrons. The van der Waals surface area contributed by atoms with Crippen molar-refractivity contribution in [1.82, 2.24) is 9.97 Å². The Morgan fingerprint density at radius 1 is 1.12 bits per heavy atom. The maximum atomic E-state index is 11.1. The summed E-state index contributed by atoms with van der Waals surface area (Å²) >= 11 is 0. The summed E-state index contributed by atoms with van der Waals surface area (Å²) in [7, 11) is 0. The van der Waals surface area contributed by atoms with Crippen LogP contribution in [-0.4, -0.2) is 53.5 Å². The van der Waals surface area contributed by atoms with Crippen LogP contribution in [0.2, 0.25) is 0 Å². The minimum Gasteiger partial charge on any atom is -0.488 e. The van der Waals surface area contributed by atoms with Crippen LogP contribution in [0, 0.1) is 5.92 Å². The molecule has 0 amide bonds. The third kappa shape index (κ3) is 3.58. The second-order valence-electron chi connectivity index (χ2n) is 6.90. The second kappa shape index (κ2) is 7.45. The first-order valence-electron chi connectivity index (χ1n) is 9.17. The standard InChI is InChI=1S/C19H23N3O4/c23-19(24)13-1-3-15(4-2-13)26-17-12-14(22-7-9-25-10-8-22)11-16-18(17)21-6-5-20-16/h5-6,11-13,15H,1-4,7-10H2,(H,23,24)/t13-,15+. The van der Waals surface area contributed by atoms with Crippen molar-refractivity contribution in [2.75, 3.05) is 31.2 Å². The molecule has 1 saturated heterocycles. The van der Waals surface area contributed by atoms with E-state index in [9.17, 15) is 4.79 Å². The highest BCUT2D eigenvalue weighted by atomic mass is 16.5. The molecule has 26 heavy (non-hydrogen) atoms. The van der Waals surface area contributed by atoms with Crippen LogP contribution < -0.4 is 9.64 Å². The van der Waals surface area contributed by atoms with Gasteiger partial charge < -0.3 is 19.5 Å². The summed E-state index contributed by atoms with van der Waals surface area (Å²) in [5.74, 6) is -0.212. The van der Waals surface area contributed by atoms with E-state index in [1.54, 1.807) is 12.4 Å². The molecule has 2 aliphatic rings. The summed E-state index contributed by atoms with van der Waals surface area (Å²) in [6.07, 6.45) is 6.20. The molecule has 0 atom stereocenters. The Kier molecular flexibility index (Phi) is 4.88. The fraction of sp³-hybridized carbons (Fsp3) is 0.526. The number of aromatic nitrogens is 2. The lowest BCUT2D eigenvalue weighted by Crippen LogP contribution is -2.36. The van der Waals surface area contributed by atoms with E-state index in [1.807, 2.05) is 12.1 Å². The first kappa shape index (κ1) is 17.0. The van der Waals surface area contributed by atoms with Gasteiger partial charge in [0.1, 0.15) is 11.3 Å². The monoisotopic (exact) mass is 357 g/mol. The van der Waals surface area contributed by atoms with Gasteiger partial charge in [-0.25, -0.2) is 4.98 Å². The number of aliphatic carboxylic acids is 1. The van der Waals surface area contributed by atoms with Gasteiger partial charge in [-0.2, -0.15) is 0 Å². The molecule has 1 saturated carbocycles. The van der Waals surface area contributed by atoms with Gasteiger partial charge in [0, 0.05) is 37.2 Å². The average Bonchev–Trinajstić information content (AvgIpc) is 2.69. The molecular formula is C19H23N3O4. The van der Waals surface area contributed by atoms with Crippen molar-refractivity contribution in [3.8, 4) is 5.75 Å². The van der Waals surface area contributed by atoms with Gasteiger partial charge in [-0.15, -0.1) is 0 Å². The fourth-order valence-electron chi connectivity index (χ4n) is 3.73. The predicted molar refractivity (Wildman–Crippen MR) is 96.6 cm³/mol. The highest BCUT2D eigenvalue weighted by Gasteiger charge is 2.27. The lowest BCUT2D eigenvalue weighted by Gasteiger charge is -2.30. The summed E-state index contributed by atoms with van der Waals surface area (Å²) in [4.78, 5) is 22.3. The fourth-order valence-corrected chi connectivity index (χ4v) is 3.73. The quantitative estimate of drug-likeness (QED) is 0.900. The third-order valence-corrected chi connectivity index (χ3v) is 5.22. The normalized spacial score (nSPS) is 23.8. The summed E-state index contributed by atoms with van der Waals surface area (Å²) in [5, 5.41) is 9.16. The molecule has 1 aromatic heterocycles. The van der Waals surface area contributed by atoms with Gasteiger partial charge in [0.2, 0.25) is 0 Å². The summed E-state index contributed by atoms with van der Waals surface area (Å²) in [5.41, 5.74) is 2.63. The number of carbonyl (C=O) groups is 1. The van der Waals surface area contributed by atoms with Crippen LogP contribution in [0.4, 0.5) is 5.69 Å². The minimum atomic E-state index is -0.700. The topological polar surface area (TPSA) is 84.8 Å². The lowest BCUT2D eigenvalue weighted by molar-refractivity contribution is -0.143. The largest absolute Gasteiger partial charge is 0.488 e. The van der Waals surface area contributed by atoms with E-state index in [-0.39, 0.29) is 12.0 Å². The molecule has 1 aromatic carbocycles. The number of benzene rings is 1. The zero-order chi connectivity index (χ0) is 17.9. The molecule has 0 radical (unpaired) electrons. The number of morpholine rings is 1. The zero-order valence-electron chi connectivity index (χ0n) is 14.6. The van der Waals surface area contributed by atoms with Crippen molar-refractivity contribution < 1.29 is 19.4 Å². The molecule has 0 unspecified atom stereocenters.